The highest BCUT2D eigenvalue weighted by Gasteiger charge is 2.36. The van der Waals surface area contributed by atoms with E-state index in [-0.39, 0.29) is 16.5 Å². The molecule has 0 radical (unpaired) electrons. The van der Waals surface area contributed by atoms with Gasteiger partial charge in [0.05, 0.1) is 17.9 Å². The summed E-state index contributed by atoms with van der Waals surface area (Å²) in [7, 11) is -3.94. The number of carbonyl (C=O) groups is 1. The van der Waals surface area contributed by atoms with Crippen molar-refractivity contribution in [1.29, 1.82) is 0 Å². The van der Waals surface area contributed by atoms with Gasteiger partial charge in [0.25, 0.3) is 15.9 Å². The summed E-state index contributed by atoms with van der Waals surface area (Å²) >= 11 is 0. The Morgan fingerprint density at radius 2 is 1.68 bits per heavy atom. The minimum absolute atomic E-state index is 0.122. The molecule has 11 heteroatoms. The molecule has 210 valence electrons. The summed E-state index contributed by atoms with van der Waals surface area (Å²) in [5.41, 5.74) is 1.14. The number of benzene rings is 1. The number of hydrogen-bond acceptors (Lipinski definition) is 7. The summed E-state index contributed by atoms with van der Waals surface area (Å²) in [4.78, 5) is 19.9. The number of ether oxygens (including phenoxy) is 1. The van der Waals surface area contributed by atoms with Gasteiger partial charge in [0.1, 0.15) is 5.75 Å². The normalized spacial score (nSPS) is 17.8. The lowest BCUT2D eigenvalue weighted by atomic mass is 10.2. The monoisotopic (exact) mass is 546 g/mol. The number of carbonyl (C=O) groups excluding carboxylic acids is 1. The molecular formula is C27H42N6O4S. The second-order valence-corrected chi connectivity index (χ2v) is 12.2. The van der Waals surface area contributed by atoms with Gasteiger partial charge in [-0.1, -0.05) is 32.9 Å². The quantitative estimate of drug-likeness (QED) is 0.452. The number of piperazine rings is 2. The van der Waals surface area contributed by atoms with E-state index in [4.69, 9.17) is 4.74 Å². The molecule has 0 saturated carbocycles. The van der Waals surface area contributed by atoms with Crippen molar-refractivity contribution in [3.63, 3.8) is 0 Å². The maximum absolute atomic E-state index is 13.8. The Balaban J connectivity index is 1.50. The van der Waals surface area contributed by atoms with E-state index in [0.717, 1.165) is 37.5 Å². The van der Waals surface area contributed by atoms with E-state index in [1.54, 1.807) is 15.8 Å². The van der Waals surface area contributed by atoms with Crippen LogP contribution in [0.5, 0.6) is 5.75 Å². The third-order valence-corrected chi connectivity index (χ3v) is 8.86. The standard InChI is InChI=1S/C27H42N6O4S/c1-5-11-32-21-23(27(34)31-14-12-29(13-15-31)20-22(3)4)26(28-32)38(35,36)33-18-16-30(17-19-33)24-9-7-8-10-25(24)37-6-2/h7-10,21-22H,5-6,11-20H2,1-4H3. The number of amides is 1. The summed E-state index contributed by atoms with van der Waals surface area (Å²) < 4.78 is 36.5. The van der Waals surface area contributed by atoms with Gasteiger partial charge in [0.2, 0.25) is 5.03 Å². The Morgan fingerprint density at radius 3 is 2.32 bits per heavy atom. The van der Waals surface area contributed by atoms with E-state index in [9.17, 15) is 13.2 Å². The molecule has 4 rings (SSSR count). The lowest BCUT2D eigenvalue weighted by molar-refractivity contribution is 0.0619. The van der Waals surface area contributed by atoms with E-state index in [0.29, 0.717) is 58.3 Å². The van der Waals surface area contributed by atoms with Gasteiger partial charge in [0.15, 0.2) is 0 Å². The summed E-state index contributed by atoms with van der Waals surface area (Å²) in [6.07, 6.45) is 2.41. The Hall–Kier alpha value is -2.63. The SMILES string of the molecule is CCCn1cc(C(=O)N2CCN(CC(C)C)CC2)c(S(=O)(=O)N2CCN(c3ccccc3OCC)CC2)n1. The fourth-order valence-electron chi connectivity index (χ4n) is 5.19. The predicted molar refractivity (Wildman–Crippen MR) is 148 cm³/mol. The van der Waals surface area contributed by atoms with Gasteiger partial charge in [-0.15, -0.1) is 0 Å². The average molecular weight is 547 g/mol. The van der Waals surface area contributed by atoms with Gasteiger partial charge in [-0.05, 0) is 31.4 Å². The topological polar surface area (TPSA) is 91.2 Å². The van der Waals surface area contributed by atoms with Crippen molar-refractivity contribution in [3.8, 4) is 5.75 Å². The van der Waals surface area contributed by atoms with Crippen LogP contribution in [0, 0.1) is 5.92 Å². The smallest absolute Gasteiger partial charge is 0.263 e. The van der Waals surface area contributed by atoms with Crippen LogP contribution >= 0.6 is 0 Å². The average Bonchev–Trinajstić information content (AvgIpc) is 3.34. The summed E-state index contributed by atoms with van der Waals surface area (Å²) in [6.45, 7) is 14.9. The minimum atomic E-state index is -3.94. The number of para-hydroxylation sites is 2. The van der Waals surface area contributed by atoms with Gasteiger partial charge >= 0.3 is 0 Å². The fraction of sp³-hybridized carbons (Fsp3) is 0.630. The lowest BCUT2D eigenvalue weighted by Gasteiger charge is -2.36. The van der Waals surface area contributed by atoms with Crippen molar-refractivity contribution in [2.75, 3.05) is 70.4 Å². The van der Waals surface area contributed by atoms with E-state index >= 15 is 0 Å². The van der Waals surface area contributed by atoms with Crippen LogP contribution in [0.1, 0.15) is 44.5 Å². The maximum Gasteiger partial charge on any atom is 0.263 e. The zero-order chi connectivity index (χ0) is 27.3. The van der Waals surface area contributed by atoms with Crippen molar-refractivity contribution >= 4 is 21.6 Å². The van der Waals surface area contributed by atoms with Crippen molar-refractivity contribution in [3.05, 3.63) is 36.0 Å². The van der Waals surface area contributed by atoms with Crippen molar-refractivity contribution in [2.24, 2.45) is 5.92 Å². The van der Waals surface area contributed by atoms with E-state index in [1.807, 2.05) is 38.1 Å². The first-order valence-corrected chi connectivity index (χ1v) is 15.2. The molecule has 3 heterocycles. The summed E-state index contributed by atoms with van der Waals surface area (Å²) in [5.74, 6) is 1.11. The number of nitrogens with zero attached hydrogens (tertiary/aromatic N) is 6. The van der Waals surface area contributed by atoms with Crippen molar-refractivity contribution in [2.45, 2.75) is 45.7 Å². The van der Waals surface area contributed by atoms with E-state index < -0.39 is 10.0 Å². The first-order valence-electron chi connectivity index (χ1n) is 13.8. The zero-order valence-corrected chi connectivity index (χ0v) is 24.0. The highest BCUT2D eigenvalue weighted by molar-refractivity contribution is 7.89. The van der Waals surface area contributed by atoms with Crippen LogP contribution in [0.15, 0.2) is 35.5 Å². The molecule has 0 spiro atoms. The third-order valence-electron chi connectivity index (χ3n) is 7.02. The molecular weight excluding hydrogens is 504 g/mol. The lowest BCUT2D eigenvalue weighted by Crippen LogP contribution is -2.50. The second-order valence-electron chi connectivity index (χ2n) is 10.4. The number of aryl methyl sites for hydroxylation is 1. The van der Waals surface area contributed by atoms with Crippen molar-refractivity contribution < 1.29 is 17.9 Å². The molecule has 0 aliphatic carbocycles. The Kier molecular flexibility index (Phi) is 9.32. The fourth-order valence-corrected chi connectivity index (χ4v) is 6.71. The van der Waals surface area contributed by atoms with Crippen LogP contribution in [0.3, 0.4) is 0 Å². The molecule has 0 bridgehead atoms. The van der Waals surface area contributed by atoms with Crippen LogP contribution < -0.4 is 9.64 Å². The number of sulfonamides is 1. The second kappa shape index (κ2) is 12.5. The van der Waals surface area contributed by atoms with Gasteiger partial charge in [0, 0.05) is 71.6 Å². The number of rotatable bonds is 10. The van der Waals surface area contributed by atoms with Gasteiger partial charge in [-0.25, -0.2) is 8.42 Å². The van der Waals surface area contributed by atoms with Gasteiger partial charge in [-0.3, -0.25) is 14.4 Å². The van der Waals surface area contributed by atoms with E-state index in [1.165, 1.54) is 4.31 Å². The molecule has 2 fully saturated rings. The number of aromatic nitrogens is 2. The third kappa shape index (κ3) is 6.32. The molecule has 0 unspecified atom stereocenters. The molecule has 1 amide bonds. The first-order chi connectivity index (χ1) is 18.2. The van der Waals surface area contributed by atoms with Crippen LogP contribution in [-0.4, -0.2) is 104 Å². The number of hydrogen-bond donors (Lipinski definition) is 0. The van der Waals surface area contributed by atoms with E-state index in [2.05, 4.69) is 28.7 Å². The summed E-state index contributed by atoms with van der Waals surface area (Å²) in [6, 6.07) is 7.83. The Morgan fingerprint density at radius 1 is 1.00 bits per heavy atom. The van der Waals surface area contributed by atoms with Crippen molar-refractivity contribution in [1.82, 2.24) is 23.9 Å². The van der Waals surface area contributed by atoms with Crippen LogP contribution in [0.2, 0.25) is 0 Å². The molecule has 0 N–H and O–H groups in total. The predicted octanol–water partition coefficient (Wildman–Crippen LogP) is 2.62. The molecule has 2 aliphatic heterocycles. The Bertz CT molecular complexity index is 1180. The molecule has 1 aromatic carbocycles. The molecule has 38 heavy (non-hydrogen) atoms. The molecule has 1 aromatic heterocycles. The molecule has 0 atom stereocenters. The first kappa shape index (κ1) is 28.4. The molecule has 2 aromatic rings. The number of anilines is 1. The largest absolute Gasteiger partial charge is 0.492 e. The minimum Gasteiger partial charge on any atom is -0.492 e. The van der Waals surface area contributed by atoms with Gasteiger partial charge in [-0.2, -0.15) is 9.40 Å². The molecule has 2 aliphatic rings. The molecule has 2 saturated heterocycles. The van der Waals surface area contributed by atoms with Gasteiger partial charge < -0.3 is 14.5 Å². The maximum atomic E-state index is 13.8. The highest BCUT2D eigenvalue weighted by atomic mass is 32.2. The summed E-state index contributed by atoms with van der Waals surface area (Å²) in [5, 5.41) is 4.31. The van der Waals surface area contributed by atoms with Crippen LogP contribution in [-0.2, 0) is 16.6 Å². The highest BCUT2D eigenvalue weighted by Crippen LogP contribution is 2.30. The van der Waals surface area contributed by atoms with Crippen LogP contribution in [0.25, 0.3) is 0 Å². The molecule has 10 nitrogen and oxygen atoms in total. The Labute approximate surface area is 227 Å². The zero-order valence-electron chi connectivity index (χ0n) is 23.2. The van der Waals surface area contributed by atoms with Crippen LogP contribution in [0.4, 0.5) is 5.69 Å².